The lowest BCUT2D eigenvalue weighted by atomic mass is 10.3. The molecule has 0 aromatic carbocycles. The Hall–Kier alpha value is -0.820. The van der Waals surface area contributed by atoms with E-state index in [1.807, 2.05) is 0 Å². The highest BCUT2D eigenvalue weighted by atomic mass is 79.9. The highest BCUT2D eigenvalue weighted by Crippen LogP contribution is 2.24. The standard InChI is InChI=1S/C11H10BrClF3N3/c12-7-4-8-10(17-6-7)19(9(5-13)18-8)3-1-2-11(14,15)16/h4,6H,1-3,5H2. The number of alkyl halides is 4. The summed E-state index contributed by atoms with van der Waals surface area (Å²) in [6, 6.07) is 1.76. The van der Waals surface area contributed by atoms with Crippen LogP contribution in [0.4, 0.5) is 13.2 Å². The first kappa shape index (κ1) is 14.6. The molecule has 0 atom stereocenters. The first-order valence-electron chi connectivity index (χ1n) is 5.54. The molecule has 19 heavy (non-hydrogen) atoms. The number of rotatable bonds is 4. The van der Waals surface area contributed by atoms with Gasteiger partial charge in [-0.05, 0) is 28.4 Å². The van der Waals surface area contributed by atoms with Gasteiger partial charge in [0.15, 0.2) is 5.65 Å². The summed E-state index contributed by atoms with van der Waals surface area (Å²) >= 11 is 9.04. The smallest absolute Gasteiger partial charge is 0.312 e. The summed E-state index contributed by atoms with van der Waals surface area (Å²) in [4.78, 5) is 8.44. The summed E-state index contributed by atoms with van der Waals surface area (Å²) in [6.07, 6.45) is -3.40. The number of imidazole rings is 1. The Kier molecular flexibility index (Phi) is 4.35. The average Bonchev–Trinajstić information content (AvgIpc) is 2.65. The maximum Gasteiger partial charge on any atom is 0.389 e. The molecule has 0 radical (unpaired) electrons. The molecular formula is C11H10BrClF3N3. The van der Waals surface area contributed by atoms with Crippen molar-refractivity contribution in [2.45, 2.75) is 31.4 Å². The van der Waals surface area contributed by atoms with E-state index in [-0.39, 0.29) is 18.8 Å². The normalized spacial score (nSPS) is 12.3. The molecule has 3 nitrogen and oxygen atoms in total. The second-order valence-corrected chi connectivity index (χ2v) is 5.21. The minimum Gasteiger partial charge on any atom is -0.312 e. The summed E-state index contributed by atoms with van der Waals surface area (Å²) in [5.74, 6) is 0.671. The molecule has 2 rings (SSSR count). The van der Waals surface area contributed by atoms with Crippen molar-refractivity contribution < 1.29 is 13.2 Å². The second-order valence-electron chi connectivity index (χ2n) is 4.03. The van der Waals surface area contributed by atoms with Crippen molar-refractivity contribution in [3.8, 4) is 0 Å². The number of hydrogen-bond acceptors (Lipinski definition) is 2. The third-order valence-corrected chi connectivity index (χ3v) is 3.26. The molecule has 0 aliphatic rings. The third-order valence-electron chi connectivity index (χ3n) is 2.59. The maximum atomic E-state index is 12.2. The number of aromatic nitrogens is 3. The van der Waals surface area contributed by atoms with E-state index < -0.39 is 12.6 Å². The van der Waals surface area contributed by atoms with Crippen LogP contribution in [0.1, 0.15) is 18.7 Å². The molecule has 0 aliphatic carbocycles. The van der Waals surface area contributed by atoms with Crippen molar-refractivity contribution in [1.29, 1.82) is 0 Å². The van der Waals surface area contributed by atoms with Crippen LogP contribution in [-0.4, -0.2) is 20.7 Å². The van der Waals surface area contributed by atoms with Crippen molar-refractivity contribution in [3.05, 3.63) is 22.6 Å². The fraction of sp³-hybridized carbons (Fsp3) is 0.455. The van der Waals surface area contributed by atoms with Gasteiger partial charge in [0.2, 0.25) is 0 Å². The Morgan fingerprint density at radius 1 is 1.37 bits per heavy atom. The van der Waals surface area contributed by atoms with Gasteiger partial charge in [0, 0.05) is 23.6 Å². The molecule has 0 saturated carbocycles. The molecule has 0 unspecified atom stereocenters. The number of pyridine rings is 1. The zero-order valence-electron chi connectivity index (χ0n) is 9.71. The van der Waals surface area contributed by atoms with E-state index in [0.717, 1.165) is 4.47 Å². The van der Waals surface area contributed by atoms with E-state index in [0.29, 0.717) is 17.0 Å². The number of nitrogens with zero attached hydrogens (tertiary/aromatic N) is 3. The Bertz CT molecular complexity index is 582. The lowest BCUT2D eigenvalue weighted by Crippen LogP contribution is -2.10. The Morgan fingerprint density at radius 3 is 2.74 bits per heavy atom. The highest BCUT2D eigenvalue weighted by Gasteiger charge is 2.26. The van der Waals surface area contributed by atoms with Crippen LogP contribution >= 0.6 is 27.5 Å². The van der Waals surface area contributed by atoms with E-state index in [1.165, 1.54) is 0 Å². The topological polar surface area (TPSA) is 30.7 Å². The van der Waals surface area contributed by atoms with E-state index in [4.69, 9.17) is 11.6 Å². The molecule has 2 aromatic heterocycles. The maximum absolute atomic E-state index is 12.2. The minimum absolute atomic E-state index is 0.0173. The van der Waals surface area contributed by atoms with Crippen molar-refractivity contribution in [3.63, 3.8) is 0 Å². The van der Waals surface area contributed by atoms with Crippen LogP contribution in [0.2, 0.25) is 0 Å². The predicted molar refractivity (Wildman–Crippen MR) is 70.1 cm³/mol. The van der Waals surface area contributed by atoms with Gasteiger partial charge in [0.1, 0.15) is 11.3 Å². The van der Waals surface area contributed by atoms with Crippen molar-refractivity contribution in [2.24, 2.45) is 0 Å². The molecular weight excluding hydrogens is 346 g/mol. The highest BCUT2D eigenvalue weighted by molar-refractivity contribution is 9.10. The van der Waals surface area contributed by atoms with Gasteiger partial charge in [-0.2, -0.15) is 13.2 Å². The van der Waals surface area contributed by atoms with E-state index >= 15 is 0 Å². The fourth-order valence-corrected chi connectivity index (χ4v) is 2.33. The molecule has 0 N–H and O–H groups in total. The second kappa shape index (κ2) is 5.66. The van der Waals surface area contributed by atoms with Crippen LogP contribution < -0.4 is 0 Å². The average molecular weight is 357 g/mol. The lowest BCUT2D eigenvalue weighted by molar-refractivity contribution is -0.135. The molecule has 2 heterocycles. The molecule has 0 spiro atoms. The van der Waals surface area contributed by atoms with Crippen LogP contribution in [0.15, 0.2) is 16.7 Å². The van der Waals surface area contributed by atoms with Gasteiger partial charge in [-0.15, -0.1) is 11.6 Å². The SMILES string of the molecule is FC(F)(F)CCCn1c(CCl)nc2cc(Br)cnc21. The van der Waals surface area contributed by atoms with Crippen molar-refractivity contribution in [1.82, 2.24) is 14.5 Å². The summed E-state index contributed by atoms with van der Waals surface area (Å²) in [5.41, 5.74) is 1.18. The lowest BCUT2D eigenvalue weighted by Gasteiger charge is -2.09. The zero-order chi connectivity index (χ0) is 14.0. The van der Waals surface area contributed by atoms with Gasteiger partial charge in [-0.25, -0.2) is 9.97 Å². The van der Waals surface area contributed by atoms with Gasteiger partial charge in [0.05, 0.1) is 5.88 Å². The van der Waals surface area contributed by atoms with Gasteiger partial charge in [-0.1, -0.05) is 0 Å². The molecule has 0 saturated heterocycles. The fourth-order valence-electron chi connectivity index (χ4n) is 1.81. The molecule has 0 bridgehead atoms. The number of fused-ring (bicyclic) bond motifs is 1. The van der Waals surface area contributed by atoms with Gasteiger partial charge >= 0.3 is 6.18 Å². The largest absolute Gasteiger partial charge is 0.389 e. The quantitative estimate of drug-likeness (QED) is 0.766. The van der Waals surface area contributed by atoms with Crippen LogP contribution in [0.5, 0.6) is 0 Å². The number of hydrogen-bond donors (Lipinski definition) is 0. The third kappa shape index (κ3) is 3.60. The summed E-state index contributed by atoms with van der Waals surface area (Å²) < 4.78 is 38.9. The monoisotopic (exact) mass is 355 g/mol. The molecule has 8 heteroatoms. The predicted octanol–water partition coefficient (Wildman–Crippen LogP) is 4.28. The van der Waals surface area contributed by atoms with E-state index in [1.54, 1.807) is 16.8 Å². The number of halogens is 5. The Labute approximate surface area is 120 Å². The summed E-state index contributed by atoms with van der Waals surface area (Å²) in [7, 11) is 0. The van der Waals surface area contributed by atoms with Crippen LogP contribution in [0.25, 0.3) is 11.2 Å². The molecule has 0 amide bonds. The molecule has 0 fully saturated rings. The minimum atomic E-state index is -4.14. The van der Waals surface area contributed by atoms with Crippen molar-refractivity contribution in [2.75, 3.05) is 0 Å². The van der Waals surface area contributed by atoms with Crippen LogP contribution in [0.3, 0.4) is 0 Å². The van der Waals surface area contributed by atoms with Crippen LogP contribution in [0, 0.1) is 0 Å². The molecule has 0 aliphatic heterocycles. The molecule has 2 aromatic rings. The first-order chi connectivity index (χ1) is 8.90. The molecule has 104 valence electrons. The zero-order valence-corrected chi connectivity index (χ0v) is 12.1. The van der Waals surface area contributed by atoms with E-state index in [2.05, 4.69) is 25.9 Å². The van der Waals surface area contributed by atoms with Gasteiger partial charge in [0.25, 0.3) is 0 Å². The van der Waals surface area contributed by atoms with Crippen LogP contribution in [-0.2, 0) is 12.4 Å². The summed E-state index contributed by atoms with van der Waals surface area (Å²) in [6.45, 7) is 0.201. The number of aryl methyl sites for hydroxylation is 1. The van der Waals surface area contributed by atoms with Gasteiger partial charge < -0.3 is 4.57 Å². The summed E-state index contributed by atoms with van der Waals surface area (Å²) in [5, 5.41) is 0. The van der Waals surface area contributed by atoms with Gasteiger partial charge in [-0.3, -0.25) is 0 Å². The first-order valence-corrected chi connectivity index (χ1v) is 6.87. The Morgan fingerprint density at radius 2 is 2.11 bits per heavy atom. The van der Waals surface area contributed by atoms with Crippen molar-refractivity contribution >= 4 is 38.7 Å². The van der Waals surface area contributed by atoms with E-state index in [9.17, 15) is 13.2 Å². The Balaban J connectivity index is 2.25.